The van der Waals surface area contributed by atoms with Gasteiger partial charge in [-0.25, -0.2) is 0 Å². The fourth-order valence-electron chi connectivity index (χ4n) is 2.82. The monoisotopic (exact) mass is 245 g/mol. The number of hydrogen-bond acceptors (Lipinski definition) is 1. The summed E-state index contributed by atoms with van der Waals surface area (Å²) in [4.78, 5) is 0. The molecule has 1 saturated carbocycles. The molecule has 2 rings (SSSR count). The van der Waals surface area contributed by atoms with Crippen molar-refractivity contribution in [2.45, 2.75) is 58.9 Å². The normalized spacial score (nSPS) is 23.8. The molecule has 0 spiro atoms. The van der Waals surface area contributed by atoms with E-state index in [0.717, 1.165) is 18.4 Å². The van der Waals surface area contributed by atoms with Gasteiger partial charge in [0.25, 0.3) is 0 Å². The maximum Gasteiger partial charge on any atom is 0.00966 e. The third-order valence-corrected chi connectivity index (χ3v) is 4.15. The molecule has 1 aliphatic carbocycles. The first-order valence-electron chi connectivity index (χ1n) is 7.19. The lowest BCUT2D eigenvalue weighted by Gasteiger charge is -2.40. The molecule has 0 saturated heterocycles. The average molecular weight is 245 g/mol. The molecule has 18 heavy (non-hydrogen) atoms. The van der Waals surface area contributed by atoms with Crippen LogP contribution in [0.25, 0.3) is 0 Å². The summed E-state index contributed by atoms with van der Waals surface area (Å²) < 4.78 is 0. The van der Waals surface area contributed by atoms with Crippen LogP contribution in [0.5, 0.6) is 0 Å². The maximum absolute atomic E-state index is 3.66. The summed E-state index contributed by atoms with van der Waals surface area (Å²) in [6.45, 7) is 12.3. The zero-order valence-corrected chi connectivity index (χ0v) is 12.5. The Kier molecular flexibility index (Phi) is 3.82. The van der Waals surface area contributed by atoms with Crippen molar-refractivity contribution in [3.05, 3.63) is 34.9 Å². The molecule has 1 N–H and O–H groups in total. The highest BCUT2D eigenvalue weighted by Crippen LogP contribution is 2.43. The standard InChI is InChI=1S/C17H27N/c1-12-6-7-13(2)16(10-12)15-9-8-14(15)11-18-17(3,4)5/h6-7,10,14-15,18H,8-9,11H2,1-5H3. The lowest BCUT2D eigenvalue weighted by Crippen LogP contribution is -2.43. The average Bonchev–Trinajstić information content (AvgIpc) is 2.20. The summed E-state index contributed by atoms with van der Waals surface area (Å²) in [5.41, 5.74) is 4.68. The maximum atomic E-state index is 3.66. The number of rotatable bonds is 3. The predicted octanol–water partition coefficient (Wildman–Crippen LogP) is 4.19. The van der Waals surface area contributed by atoms with Crippen molar-refractivity contribution in [1.29, 1.82) is 0 Å². The molecule has 1 fully saturated rings. The summed E-state index contributed by atoms with van der Waals surface area (Å²) in [6.07, 6.45) is 2.74. The molecule has 1 aromatic carbocycles. The van der Waals surface area contributed by atoms with Crippen LogP contribution in [0.2, 0.25) is 0 Å². The molecule has 0 bridgehead atoms. The molecule has 2 atom stereocenters. The Morgan fingerprint density at radius 3 is 2.44 bits per heavy atom. The van der Waals surface area contributed by atoms with E-state index in [0.29, 0.717) is 0 Å². The lowest BCUT2D eigenvalue weighted by atomic mass is 9.68. The van der Waals surface area contributed by atoms with E-state index >= 15 is 0 Å². The van der Waals surface area contributed by atoms with Crippen molar-refractivity contribution in [1.82, 2.24) is 5.32 Å². The van der Waals surface area contributed by atoms with Gasteiger partial charge in [-0.2, -0.15) is 0 Å². The van der Waals surface area contributed by atoms with Gasteiger partial charge in [0.1, 0.15) is 0 Å². The molecule has 0 heterocycles. The Morgan fingerprint density at radius 1 is 1.17 bits per heavy atom. The zero-order valence-electron chi connectivity index (χ0n) is 12.5. The van der Waals surface area contributed by atoms with Crippen molar-refractivity contribution in [3.8, 4) is 0 Å². The third-order valence-electron chi connectivity index (χ3n) is 4.15. The van der Waals surface area contributed by atoms with E-state index in [-0.39, 0.29) is 5.54 Å². The van der Waals surface area contributed by atoms with Gasteiger partial charge in [0.05, 0.1) is 0 Å². The van der Waals surface area contributed by atoms with E-state index in [4.69, 9.17) is 0 Å². The highest BCUT2D eigenvalue weighted by molar-refractivity contribution is 5.35. The summed E-state index contributed by atoms with van der Waals surface area (Å²) in [5, 5.41) is 3.66. The summed E-state index contributed by atoms with van der Waals surface area (Å²) in [5.74, 6) is 1.60. The van der Waals surface area contributed by atoms with Crippen LogP contribution in [0.4, 0.5) is 0 Å². The second-order valence-corrected chi connectivity index (χ2v) is 6.93. The van der Waals surface area contributed by atoms with Crippen molar-refractivity contribution in [2.75, 3.05) is 6.54 Å². The van der Waals surface area contributed by atoms with Crippen LogP contribution in [-0.2, 0) is 0 Å². The topological polar surface area (TPSA) is 12.0 Å². The van der Waals surface area contributed by atoms with Gasteiger partial charge in [-0.15, -0.1) is 0 Å². The van der Waals surface area contributed by atoms with Crippen molar-refractivity contribution in [3.63, 3.8) is 0 Å². The van der Waals surface area contributed by atoms with E-state index in [1.165, 1.54) is 24.0 Å². The Labute approximate surface area is 112 Å². The van der Waals surface area contributed by atoms with Crippen LogP contribution in [0.1, 0.15) is 56.2 Å². The minimum absolute atomic E-state index is 0.238. The molecule has 2 unspecified atom stereocenters. The Bertz CT molecular complexity index is 414. The van der Waals surface area contributed by atoms with Gasteiger partial charge >= 0.3 is 0 Å². The smallest absolute Gasteiger partial charge is 0.00966 e. The van der Waals surface area contributed by atoms with Crippen molar-refractivity contribution in [2.24, 2.45) is 5.92 Å². The molecule has 1 heteroatoms. The van der Waals surface area contributed by atoms with Gasteiger partial charge in [-0.3, -0.25) is 0 Å². The van der Waals surface area contributed by atoms with E-state index < -0.39 is 0 Å². The molecule has 0 radical (unpaired) electrons. The first-order valence-corrected chi connectivity index (χ1v) is 7.19. The number of nitrogens with one attached hydrogen (secondary N) is 1. The van der Waals surface area contributed by atoms with Crippen LogP contribution in [0, 0.1) is 19.8 Å². The van der Waals surface area contributed by atoms with E-state index in [1.54, 1.807) is 5.56 Å². The molecule has 1 aliphatic rings. The third kappa shape index (κ3) is 3.14. The Balaban J connectivity index is 2.03. The van der Waals surface area contributed by atoms with Crippen LogP contribution in [-0.4, -0.2) is 12.1 Å². The van der Waals surface area contributed by atoms with E-state index in [9.17, 15) is 0 Å². The van der Waals surface area contributed by atoms with Crippen LogP contribution in [0.3, 0.4) is 0 Å². The van der Waals surface area contributed by atoms with Gasteiger partial charge in [-0.05, 0) is 77.0 Å². The van der Waals surface area contributed by atoms with Gasteiger partial charge in [0.2, 0.25) is 0 Å². The first kappa shape index (κ1) is 13.6. The number of benzene rings is 1. The van der Waals surface area contributed by atoms with E-state index in [2.05, 4.69) is 58.1 Å². The molecule has 0 aromatic heterocycles. The summed E-state index contributed by atoms with van der Waals surface area (Å²) >= 11 is 0. The van der Waals surface area contributed by atoms with Crippen molar-refractivity contribution >= 4 is 0 Å². The quantitative estimate of drug-likeness (QED) is 0.842. The number of hydrogen-bond donors (Lipinski definition) is 1. The Hall–Kier alpha value is -0.820. The Morgan fingerprint density at radius 2 is 1.89 bits per heavy atom. The second kappa shape index (κ2) is 5.05. The fourth-order valence-corrected chi connectivity index (χ4v) is 2.82. The van der Waals surface area contributed by atoms with Crippen molar-refractivity contribution < 1.29 is 0 Å². The summed E-state index contributed by atoms with van der Waals surface area (Å²) in [6, 6.07) is 6.89. The highest BCUT2D eigenvalue weighted by Gasteiger charge is 2.33. The predicted molar refractivity (Wildman–Crippen MR) is 79.1 cm³/mol. The van der Waals surface area contributed by atoms with Crippen LogP contribution in [0.15, 0.2) is 18.2 Å². The summed E-state index contributed by atoms with van der Waals surface area (Å²) in [7, 11) is 0. The number of aryl methyl sites for hydroxylation is 2. The van der Waals surface area contributed by atoms with Gasteiger partial charge in [0, 0.05) is 5.54 Å². The van der Waals surface area contributed by atoms with Crippen LogP contribution >= 0.6 is 0 Å². The second-order valence-electron chi connectivity index (χ2n) is 6.93. The largest absolute Gasteiger partial charge is 0.312 e. The SMILES string of the molecule is Cc1ccc(C)c(C2CCC2CNC(C)(C)C)c1. The van der Waals surface area contributed by atoms with Gasteiger partial charge in [-0.1, -0.05) is 23.8 Å². The van der Waals surface area contributed by atoms with Crippen LogP contribution < -0.4 is 5.32 Å². The molecule has 1 aromatic rings. The lowest BCUT2D eigenvalue weighted by molar-refractivity contribution is 0.225. The molecular formula is C17H27N. The minimum atomic E-state index is 0.238. The first-order chi connectivity index (χ1) is 8.37. The fraction of sp³-hybridized carbons (Fsp3) is 0.647. The minimum Gasteiger partial charge on any atom is -0.312 e. The molecular weight excluding hydrogens is 218 g/mol. The van der Waals surface area contributed by atoms with Gasteiger partial charge < -0.3 is 5.32 Å². The highest BCUT2D eigenvalue weighted by atomic mass is 14.9. The van der Waals surface area contributed by atoms with Gasteiger partial charge in [0.15, 0.2) is 0 Å². The molecule has 0 amide bonds. The molecule has 100 valence electrons. The van der Waals surface area contributed by atoms with E-state index in [1.807, 2.05) is 0 Å². The zero-order chi connectivity index (χ0) is 13.3. The molecule has 1 nitrogen and oxygen atoms in total. The molecule has 0 aliphatic heterocycles.